The molecule has 0 nitrogen and oxygen atoms in total. The van der Waals surface area contributed by atoms with Crippen molar-refractivity contribution in [3.63, 3.8) is 0 Å². The van der Waals surface area contributed by atoms with E-state index in [9.17, 15) is 4.39 Å². The highest BCUT2D eigenvalue weighted by Crippen LogP contribution is 2.41. The van der Waals surface area contributed by atoms with Crippen LogP contribution < -0.4 is 0 Å². The van der Waals surface area contributed by atoms with Gasteiger partial charge >= 0.3 is 0 Å². The minimum atomic E-state index is -0.176. The van der Waals surface area contributed by atoms with E-state index in [2.05, 4.69) is 32.6 Å². The van der Waals surface area contributed by atoms with Crippen LogP contribution in [0.4, 0.5) is 4.39 Å². The Kier molecular flexibility index (Phi) is 8.65. The molecular weight excluding hydrogens is 295 g/mol. The molecule has 1 heteroatoms. The maximum Gasteiger partial charge on any atom is 0.0897 e. The van der Waals surface area contributed by atoms with Crippen molar-refractivity contribution in [2.75, 3.05) is 6.67 Å². The molecule has 0 amide bonds. The van der Waals surface area contributed by atoms with Gasteiger partial charge in [0.25, 0.3) is 0 Å². The summed E-state index contributed by atoms with van der Waals surface area (Å²) in [5, 5.41) is 0. The number of alkyl halides is 1. The second-order valence-corrected chi connectivity index (χ2v) is 8.98. The third-order valence-electron chi connectivity index (χ3n) is 6.73. The molecule has 2 fully saturated rings. The lowest BCUT2D eigenvalue weighted by molar-refractivity contribution is 0.162. The van der Waals surface area contributed by atoms with Gasteiger partial charge in [-0.2, -0.15) is 0 Å². The van der Waals surface area contributed by atoms with Crippen molar-refractivity contribution in [2.45, 2.75) is 91.4 Å². The van der Waals surface area contributed by atoms with Crippen molar-refractivity contribution in [1.82, 2.24) is 0 Å². The zero-order valence-electron chi connectivity index (χ0n) is 16.3. The van der Waals surface area contributed by atoms with Crippen molar-refractivity contribution in [3.8, 4) is 11.8 Å². The summed E-state index contributed by atoms with van der Waals surface area (Å²) in [6.45, 7) is 6.64. The van der Waals surface area contributed by atoms with Crippen LogP contribution in [-0.4, -0.2) is 6.67 Å². The van der Waals surface area contributed by atoms with Crippen molar-refractivity contribution in [3.05, 3.63) is 0 Å². The van der Waals surface area contributed by atoms with Gasteiger partial charge in [-0.05, 0) is 81.5 Å². The fraction of sp³-hybridized carbons (Fsp3) is 0.913. The van der Waals surface area contributed by atoms with Crippen molar-refractivity contribution < 1.29 is 4.39 Å². The van der Waals surface area contributed by atoms with Crippen LogP contribution in [0, 0.1) is 47.3 Å². The Labute approximate surface area is 150 Å². The van der Waals surface area contributed by atoms with Crippen LogP contribution in [0.2, 0.25) is 0 Å². The second-order valence-electron chi connectivity index (χ2n) is 8.98. The molecule has 0 spiro atoms. The summed E-state index contributed by atoms with van der Waals surface area (Å²) < 4.78 is 12.3. The van der Waals surface area contributed by atoms with Gasteiger partial charge in [-0.1, -0.05) is 45.5 Å². The highest BCUT2D eigenvalue weighted by Gasteiger charge is 2.29. The van der Waals surface area contributed by atoms with E-state index in [0.717, 1.165) is 30.6 Å². The molecule has 2 unspecified atom stereocenters. The van der Waals surface area contributed by atoms with Gasteiger partial charge in [0.2, 0.25) is 0 Å². The molecule has 0 radical (unpaired) electrons. The predicted molar refractivity (Wildman–Crippen MR) is 103 cm³/mol. The van der Waals surface area contributed by atoms with Crippen LogP contribution in [0.3, 0.4) is 0 Å². The molecule has 138 valence electrons. The normalized spacial score (nSPS) is 33.3. The molecule has 0 aromatic carbocycles. The van der Waals surface area contributed by atoms with Crippen LogP contribution in [0.1, 0.15) is 91.4 Å². The van der Waals surface area contributed by atoms with E-state index >= 15 is 0 Å². The maximum absolute atomic E-state index is 12.3. The van der Waals surface area contributed by atoms with Crippen LogP contribution in [0.5, 0.6) is 0 Å². The standard InChI is InChI=1S/C23H39F/c1-18(4-5-20(3)16-17-24)6-9-21-10-14-23(15-11-21)22-12-7-19(2)8-13-22/h18-23H,4-5,7-8,10-17H2,1-3H3. The van der Waals surface area contributed by atoms with Crippen LogP contribution in [0.15, 0.2) is 0 Å². The number of rotatable bonds is 6. The molecule has 0 saturated heterocycles. The minimum absolute atomic E-state index is 0.176. The van der Waals surface area contributed by atoms with E-state index < -0.39 is 0 Å². The first kappa shape index (κ1) is 19.8. The lowest BCUT2D eigenvalue weighted by Crippen LogP contribution is -2.25. The second kappa shape index (κ2) is 10.5. The Bertz CT molecular complexity index is 388. The predicted octanol–water partition coefficient (Wildman–Crippen LogP) is 7.03. The minimum Gasteiger partial charge on any atom is -0.251 e. The van der Waals surface area contributed by atoms with Crippen molar-refractivity contribution in [2.24, 2.45) is 35.5 Å². The third kappa shape index (κ3) is 6.78. The van der Waals surface area contributed by atoms with Crippen LogP contribution in [0.25, 0.3) is 0 Å². The Morgan fingerprint density at radius 3 is 2.00 bits per heavy atom. The molecule has 0 aromatic heterocycles. The Morgan fingerprint density at radius 1 is 0.833 bits per heavy atom. The fourth-order valence-electron chi connectivity index (χ4n) is 4.69. The molecule has 2 rings (SSSR count). The summed E-state index contributed by atoms with van der Waals surface area (Å²) in [6.07, 6.45) is 14.3. The summed E-state index contributed by atoms with van der Waals surface area (Å²) >= 11 is 0. The summed E-state index contributed by atoms with van der Waals surface area (Å²) in [6, 6.07) is 0. The molecule has 24 heavy (non-hydrogen) atoms. The van der Waals surface area contributed by atoms with E-state index in [-0.39, 0.29) is 6.67 Å². The van der Waals surface area contributed by atoms with Gasteiger partial charge in [-0.25, -0.2) is 0 Å². The largest absolute Gasteiger partial charge is 0.251 e. The molecule has 0 bridgehead atoms. The maximum atomic E-state index is 12.3. The summed E-state index contributed by atoms with van der Waals surface area (Å²) in [5.41, 5.74) is 0. The van der Waals surface area contributed by atoms with Gasteiger partial charge in [-0.15, -0.1) is 0 Å². The highest BCUT2D eigenvalue weighted by atomic mass is 19.1. The molecule has 0 aromatic rings. The van der Waals surface area contributed by atoms with Crippen LogP contribution >= 0.6 is 0 Å². The molecule has 0 aliphatic heterocycles. The molecule has 2 atom stereocenters. The van der Waals surface area contributed by atoms with Gasteiger partial charge in [0, 0.05) is 11.8 Å². The first-order chi connectivity index (χ1) is 11.6. The highest BCUT2D eigenvalue weighted by molar-refractivity contribution is 5.07. The first-order valence-electron chi connectivity index (χ1n) is 10.7. The van der Waals surface area contributed by atoms with E-state index in [4.69, 9.17) is 0 Å². The van der Waals surface area contributed by atoms with E-state index in [0.29, 0.717) is 24.2 Å². The average molecular weight is 335 g/mol. The van der Waals surface area contributed by atoms with Crippen molar-refractivity contribution in [1.29, 1.82) is 0 Å². The molecule has 2 aliphatic rings. The molecule has 2 aliphatic carbocycles. The lowest BCUT2D eigenvalue weighted by Gasteiger charge is -2.36. The van der Waals surface area contributed by atoms with Gasteiger partial charge in [0.05, 0.1) is 6.67 Å². The number of halogens is 1. The zero-order chi connectivity index (χ0) is 17.4. The monoisotopic (exact) mass is 334 g/mol. The van der Waals surface area contributed by atoms with E-state index in [1.807, 2.05) is 0 Å². The Hall–Kier alpha value is -0.510. The van der Waals surface area contributed by atoms with Gasteiger partial charge in [0.1, 0.15) is 0 Å². The Balaban J connectivity index is 1.65. The number of hydrogen-bond donors (Lipinski definition) is 0. The van der Waals surface area contributed by atoms with Crippen molar-refractivity contribution >= 4 is 0 Å². The van der Waals surface area contributed by atoms with Gasteiger partial charge in [-0.3, -0.25) is 4.39 Å². The quantitative estimate of drug-likeness (QED) is 0.457. The first-order valence-corrected chi connectivity index (χ1v) is 10.7. The summed E-state index contributed by atoms with van der Waals surface area (Å²) in [4.78, 5) is 0. The zero-order valence-corrected chi connectivity index (χ0v) is 16.3. The van der Waals surface area contributed by atoms with E-state index in [1.165, 1.54) is 51.4 Å². The molecule has 0 heterocycles. The fourth-order valence-corrected chi connectivity index (χ4v) is 4.69. The lowest BCUT2D eigenvalue weighted by atomic mass is 9.69. The summed E-state index contributed by atoms with van der Waals surface area (Å²) in [7, 11) is 0. The smallest absolute Gasteiger partial charge is 0.0897 e. The average Bonchev–Trinajstić information content (AvgIpc) is 2.59. The number of hydrogen-bond acceptors (Lipinski definition) is 0. The van der Waals surface area contributed by atoms with Gasteiger partial charge < -0.3 is 0 Å². The summed E-state index contributed by atoms with van der Waals surface area (Å²) in [5.74, 6) is 11.7. The topological polar surface area (TPSA) is 0 Å². The molecule has 2 saturated carbocycles. The van der Waals surface area contributed by atoms with E-state index in [1.54, 1.807) is 0 Å². The van der Waals surface area contributed by atoms with Gasteiger partial charge in [0.15, 0.2) is 0 Å². The molecular formula is C23H39F. The van der Waals surface area contributed by atoms with Crippen LogP contribution in [-0.2, 0) is 0 Å². The Morgan fingerprint density at radius 2 is 1.42 bits per heavy atom. The SMILES string of the molecule is CC(C#CC1CCC(C2CCC(C)CC2)CC1)CCC(C)CCF. The molecule has 0 N–H and O–H groups in total. The third-order valence-corrected chi connectivity index (χ3v) is 6.73.